The summed E-state index contributed by atoms with van der Waals surface area (Å²) in [6, 6.07) is 11.7. The van der Waals surface area contributed by atoms with Crippen molar-refractivity contribution in [2.24, 2.45) is 0 Å². The number of hydrogen-bond acceptors (Lipinski definition) is 4. The molecule has 0 radical (unpaired) electrons. The molecule has 1 aromatic heterocycles. The lowest BCUT2D eigenvalue weighted by molar-refractivity contribution is 0.280. The Morgan fingerprint density at radius 3 is 2.50 bits per heavy atom. The predicted octanol–water partition coefficient (Wildman–Crippen LogP) is 4.22. The highest BCUT2D eigenvalue weighted by molar-refractivity contribution is 5.71. The molecule has 1 N–H and O–H groups in total. The first-order valence-electron chi connectivity index (χ1n) is 10.1. The molecule has 0 bridgehead atoms. The van der Waals surface area contributed by atoms with Gasteiger partial charge in [0.25, 0.3) is 5.56 Å². The molecule has 0 atom stereocenters. The quantitative estimate of drug-likeness (QED) is 0.730. The lowest BCUT2D eigenvalue weighted by Crippen LogP contribution is -2.29. The van der Waals surface area contributed by atoms with E-state index in [2.05, 4.69) is 12.1 Å². The van der Waals surface area contributed by atoms with E-state index in [0.29, 0.717) is 24.4 Å². The minimum atomic E-state index is -0.214. The average Bonchev–Trinajstić information content (AvgIpc) is 2.75. The van der Waals surface area contributed by atoms with Crippen molar-refractivity contribution in [3.8, 4) is 22.9 Å². The third-order valence-electron chi connectivity index (χ3n) is 5.66. The number of nitrogens with zero attached hydrogens (tertiary/aromatic N) is 2. The van der Waals surface area contributed by atoms with Gasteiger partial charge < -0.3 is 14.4 Å². The maximum Gasteiger partial charge on any atom is 0.269 e. The highest BCUT2D eigenvalue weighted by Crippen LogP contribution is 2.35. The summed E-state index contributed by atoms with van der Waals surface area (Å²) in [5, 5.41) is 18.8. The number of unbranched alkanes of at least 4 members (excludes halogenated alkanes) is 1. The molecule has 5 heteroatoms. The molecular weight excluding hydrogens is 352 g/mol. The van der Waals surface area contributed by atoms with Gasteiger partial charge >= 0.3 is 0 Å². The SMILES string of the molecule is COc1ccc(-c2cc(C3CCCCC3)n(CCCCO)c(=O)c2C#N)cc1. The number of rotatable bonds is 7. The largest absolute Gasteiger partial charge is 0.497 e. The Morgan fingerprint density at radius 1 is 1.18 bits per heavy atom. The van der Waals surface area contributed by atoms with Gasteiger partial charge in [-0.25, -0.2) is 0 Å². The molecule has 0 aliphatic heterocycles. The average molecular weight is 380 g/mol. The Balaban J connectivity index is 2.12. The van der Waals surface area contributed by atoms with E-state index in [9.17, 15) is 10.1 Å². The van der Waals surface area contributed by atoms with E-state index in [1.165, 1.54) is 19.3 Å². The summed E-state index contributed by atoms with van der Waals surface area (Å²) >= 11 is 0. The Labute approximate surface area is 166 Å². The van der Waals surface area contributed by atoms with E-state index in [1.54, 1.807) is 11.7 Å². The summed E-state index contributed by atoms with van der Waals surface area (Å²) in [6.07, 6.45) is 7.12. The lowest BCUT2D eigenvalue weighted by atomic mass is 9.85. The molecule has 1 heterocycles. The van der Waals surface area contributed by atoms with Gasteiger partial charge in [-0.05, 0) is 55.4 Å². The van der Waals surface area contributed by atoms with Gasteiger partial charge in [0.1, 0.15) is 17.4 Å². The van der Waals surface area contributed by atoms with Crippen LogP contribution in [0.3, 0.4) is 0 Å². The number of benzene rings is 1. The van der Waals surface area contributed by atoms with Crippen LogP contribution in [0, 0.1) is 11.3 Å². The number of methoxy groups -OCH3 is 1. The van der Waals surface area contributed by atoms with E-state index in [0.717, 1.165) is 36.3 Å². The second kappa shape index (κ2) is 9.57. The third kappa shape index (κ3) is 4.28. The molecule has 1 aliphatic carbocycles. The first-order chi connectivity index (χ1) is 13.7. The summed E-state index contributed by atoms with van der Waals surface area (Å²) in [6.45, 7) is 0.658. The molecule has 5 nitrogen and oxygen atoms in total. The molecule has 148 valence electrons. The topological polar surface area (TPSA) is 75.2 Å². The van der Waals surface area contributed by atoms with Crippen LogP contribution in [-0.4, -0.2) is 23.4 Å². The molecule has 0 spiro atoms. The van der Waals surface area contributed by atoms with Crippen molar-refractivity contribution in [3.63, 3.8) is 0 Å². The van der Waals surface area contributed by atoms with E-state index in [1.807, 2.05) is 24.3 Å². The third-order valence-corrected chi connectivity index (χ3v) is 5.66. The summed E-state index contributed by atoms with van der Waals surface area (Å²) in [5.74, 6) is 1.09. The number of ether oxygens (including phenoxy) is 1. The Hall–Kier alpha value is -2.58. The minimum absolute atomic E-state index is 0.114. The molecule has 1 aromatic carbocycles. The van der Waals surface area contributed by atoms with Crippen LogP contribution in [0.1, 0.15) is 62.1 Å². The minimum Gasteiger partial charge on any atom is -0.497 e. The molecule has 0 amide bonds. The number of nitriles is 1. The van der Waals surface area contributed by atoms with Crippen molar-refractivity contribution in [1.29, 1.82) is 5.26 Å². The van der Waals surface area contributed by atoms with Gasteiger partial charge in [-0.1, -0.05) is 31.4 Å². The van der Waals surface area contributed by atoms with E-state index in [4.69, 9.17) is 9.84 Å². The Kier molecular flexibility index (Phi) is 6.89. The van der Waals surface area contributed by atoms with Crippen LogP contribution in [0.15, 0.2) is 35.1 Å². The molecule has 1 fully saturated rings. The molecule has 1 aliphatic rings. The summed E-state index contributed by atoms with van der Waals surface area (Å²) in [5.41, 5.74) is 2.57. The van der Waals surface area contributed by atoms with Crippen molar-refractivity contribution in [2.45, 2.75) is 57.4 Å². The second-order valence-electron chi connectivity index (χ2n) is 7.42. The van der Waals surface area contributed by atoms with Crippen molar-refractivity contribution in [1.82, 2.24) is 4.57 Å². The van der Waals surface area contributed by atoms with Gasteiger partial charge in [0.2, 0.25) is 0 Å². The molecule has 2 aromatic rings. The highest BCUT2D eigenvalue weighted by atomic mass is 16.5. The smallest absolute Gasteiger partial charge is 0.269 e. The molecule has 0 unspecified atom stereocenters. The van der Waals surface area contributed by atoms with Crippen LogP contribution in [-0.2, 0) is 6.54 Å². The van der Waals surface area contributed by atoms with Crippen LogP contribution < -0.4 is 10.3 Å². The van der Waals surface area contributed by atoms with Gasteiger partial charge in [-0.2, -0.15) is 5.26 Å². The zero-order valence-corrected chi connectivity index (χ0v) is 16.5. The van der Waals surface area contributed by atoms with E-state index < -0.39 is 0 Å². The van der Waals surface area contributed by atoms with E-state index in [-0.39, 0.29) is 17.7 Å². The molecular formula is C23H28N2O3. The first-order valence-corrected chi connectivity index (χ1v) is 10.1. The molecule has 3 rings (SSSR count). The van der Waals surface area contributed by atoms with Gasteiger partial charge in [0.05, 0.1) is 7.11 Å². The van der Waals surface area contributed by atoms with Crippen LogP contribution in [0.2, 0.25) is 0 Å². The first kappa shape index (κ1) is 20.2. The maximum absolute atomic E-state index is 13.2. The normalized spacial score (nSPS) is 14.6. The van der Waals surface area contributed by atoms with Crippen molar-refractivity contribution >= 4 is 0 Å². The summed E-state index contributed by atoms with van der Waals surface area (Å²) in [4.78, 5) is 13.2. The summed E-state index contributed by atoms with van der Waals surface area (Å²) in [7, 11) is 1.62. The molecule has 0 saturated heterocycles. The van der Waals surface area contributed by atoms with Crippen LogP contribution in [0.25, 0.3) is 11.1 Å². The lowest BCUT2D eigenvalue weighted by Gasteiger charge is -2.26. The highest BCUT2D eigenvalue weighted by Gasteiger charge is 2.23. The van der Waals surface area contributed by atoms with Crippen LogP contribution in [0.5, 0.6) is 5.75 Å². The van der Waals surface area contributed by atoms with Crippen molar-refractivity contribution in [3.05, 3.63) is 51.9 Å². The fourth-order valence-corrected chi connectivity index (χ4v) is 4.12. The molecule has 28 heavy (non-hydrogen) atoms. The predicted molar refractivity (Wildman–Crippen MR) is 110 cm³/mol. The van der Waals surface area contributed by atoms with Gasteiger partial charge in [0.15, 0.2) is 0 Å². The second-order valence-corrected chi connectivity index (χ2v) is 7.42. The van der Waals surface area contributed by atoms with Gasteiger partial charge in [-0.15, -0.1) is 0 Å². The maximum atomic E-state index is 13.2. The standard InChI is InChI=1S/C23H28N2O3/c1-28-19-11-9-17(10-12-19)20-15-22(18-7-3-2-4-8-18)25(13-5-6-14-26)23(27)21(20)16-24/h9-12,15,18,26H,2-8,13-14H2,1H3. The van der Waals surface area contributed by atoms with Crippen molar-refractivity contribution < 1.29 is 9.84 Å². The van der Waals surface area contributed by atoms with Crippen molar-refractivity contribution in [2.75, 3.05) is 13.7 Å². The fourth-order valence-electron chi connectivity index (χ4n) is 4.12. The van der Waals surface area contributed by atoms with Gasteiger partial charge in [-0.3, -0.25) is 4.79 Å². The fraction of sp³-hybridized carbons (Fsp3) is 0.478. The summed E-state index contributed by atoms with van der Waals surface area (Å²) < 4.78 is 7.02. The van der Waals surface area contributed by atoms with E-state index >= 15 is 0 Å². The zero-order chi connectivity index (χ0) is 19.9. The number of aromatic nitrogens is 1. The Bertz CT molecular complexity index is 888. The van der Waals surface area contributed by atoms with Gasteiger partial charge in [0, 0.05) is 24.4 Å². The number of aliphatic hydroxyl groups is 1. The molecule has 1 saturated carbocycles. The Morgan fingerprint density at radius 2 is 1.89 bits per heavy atom. The van der Waals surface area contributed by atoms with Crippen LogP contribution in [0.4, 0.5) is 0 Å². The number of hydrogen-bond donors (Lipinski definition) is 1. The number of pyridine rings is 1. The number of aliphatic hydroxyl groups excluding tert-OH is 1. The van der Waals surface area contributed by atoms with Crippen LogP contribution >= 0.6 is 0 Å². The zero-order valence-electron chi connectivity index (χ0n) is 16.5. The monoisotopic (exact) mass is 380 g/mol.